The maximum Gasteiger partial charge on any atom is 0.251 e. The molecule has 2 aliphatic rings. The minimum Gasteiger partial charge on any atom is -0.508 e. The fourth-order valence-corrected chi connectivity index (χ4v) is 5.75. The highest BCUT2D eigenvalue weighted by Crippen LogP contribution is 2.38. The van der Waals surface area contributed by atoms with E-state index in [4.69, 9.17) is 19.3 Å². The van der Waals surface area contributed by atoms with E-state index in [1.54, 1.807) is 26.4 Å². The molecule has 0 aromatic heterocycles. The third kappa shape index (κ3) is 7.47. The van der Waals surface area contributed by atoms with Crippen LogP contribution >= 0.6 is 0 Å². The lowest BCUT2D eigenvalue weighted by atomic mass is 9.76. The Balaban J connectivity index is 1.15. The van der Waals surface area contributed by atoms with Gasteiger partial charge in [0.05, 0.1) is 50.9 Å². The molecular weight excluding hydrogens is 574 g/mol. The second-order valence-corrected chi connectivity index (χ2v) is 11.2. The summed E-state index contributed by atoms with van der Waals surface area (Å²) < 4.78 is 16.9. The summed E-state index contributed by atoms with van der Waals surface area (Å²) in [6.07, 6.45) is 6.56. The van der Waals surface area contributed by atoms with E-state index >= 15 is 0 Å². The molecule has 0 bridgehead atoms. The van der Waals surface area contributed by atoms with Gasteiger partial charge in [0.1, 0.15) is 11.5 Å². The average molecular weight is 616 g/mol. The highest BCUT2D eigenvalue weighted by Gasteiger charge is 2.40. The minimum absolute atomic E-state index is 0.0101. The third-order valence-corrected chi connectivity index (χ3v) is 8.29. The molecule has 3 aromatic carbocycles. The van der Waals surface area contributed by atoms with E-state index in [1.165, 1.54) is 11.1 Å². The van der Waals surface area contributed by atoms with Crippen molar-refractivity contribution in [1.29, 1.82) is 0 Å². The molecule has 1 heterocycles. The molecule has 238 valence electrons. The number of anilines is 1. The van der Waals surface area contributed by atoms with Gasteiger partial charge in [-0.3, -0.25) is 4.79 Å². The Labute approximate surface area is 263 Å². The normalized spacial score (nSPS) is 18.3. The zero-order valence-electron chi connectivity index (χ0n) is 25.7. The Morgan fingerprint density at radius 2 is 1.71 bits per heavy atom. The van der Waals surface area contributed by atoms with Crippen LogP contribution in [-0.4, -0.2) is 60.9 Å². The number of carbonyl (C=O) groups excluding carboxylic acids is 1. The molecule has 5 rings (SSSR count). The molecule has 1 aliphatic heterocycles. The highest BCUT2D eigenvalue weighted by molar-refractivity contribution is 6.11. The predicted molar refractivity (Wildman–Crippen MR) is 172 cm³/mol. The van der Waals surface area contributed by atoms with Crippen LogP contribution < -0.4 is 24.5 Å². The van der Waals surface area contributed by atoms with Crippen LogP contribution in [0.4, 0.5) is 5.69 Å². The number of fused-ring (bicyclic) bond motifs is 1. The van der Waals surface area contributed by atoms with Gasteiger partial charge in [0.2, 0.25) is 0 Å². The van der Waals surface area contributed by atoms with Gasteiger partial charge in [0.25, 0.3) is 5.91 Å². The topological polar surface area (TPSA) is 133 Å². The van der Waals surface area contributed by atoms with Crippen LogP contribution in [0, 0.1) is 11.8 Å². The number of nitrogens with one attached hydrogen (secondary N) is 1. The Bertz CT molecular complexity index is 1520. The Kier molecular flexibility index (Phi) is 10.7. The van der Waals surface area contributed by atoms with Gasteiger partial charge in [-0.05, 0) is 92.4 Å². The van der Waals surface area contributed by atoms with Crippen molar-refractivity contribution in [2.75, 3.05) is 38.9 Å². The Hall–Kier alpha value is -4.38. The molecule has 0 saturated carbocycles. The second-order valence-electron chi connectivity index (χ2n) is 11.2. The highest BCUT2D eigenvalue weighted by atomic mass is 16.5. The number of allylic oxidation sites excluding steroid dienone is 2. The van der Waals surface area contributed by atoms with Crippen LogP contribution in [0.15, 0.2) is 77.9 Å². The van der Waals surface area contributed by atoms with Gasteiger partial charge in [0.15, 0.2) is 11.5 Å². The average Bonchev–Trinajstić information content (AvgIpc) is 3.08. The van der Waals surface area contributed by atoms with Crippen LogP contribution in [0.2, 0.25) is 0 Å². The molecular formula is C35H41N3O7. The number of hydrazone groups is 1. The number of amides is 1. The van der Waals surface area contributed by atoms with Gasteiger partial charge in [-0.2, -0.15) is 5.10 Å². The van der Waals surface area contributed by atoms with Gasteiger partial charge in [-0.1, -0.05) is 18.2 Å². The van der Waals surface area contributed by atoms with E-state index in [-0.39, 0.29) is 30.1 Å². The number of aromatic hydroxyl groups is 1. The van der Waals surface area contributed by atoms with E-state index in [0.717, 1.165) is 30.5 Å². The summed E-state index contributed by atoms with van der Waals surface area (Å²) >= 11 is 0. The SMILES string of the molecule is COc1ccc(C2=NN(c3ccc(OCCCCNCC(O)c4ccc(O)c(CO)c4)cc3)C(=O)[C@@H]3CC=CC[C@H]23)cc1OC. The van der Waals surface area contributed by atoms with Crippen molar-refractivity contribution in [3.05, 3.63) is 89.5 Å². The molecule has 10 nitrogen and oxygen atoms in total. The zero-order valence-corrected chi connectivity index (χ0v) is 25.7. The lowest BCUT2D eigenvalue weighted by Gasteiger charge is -2.37. The first-order chi connectivity index (χ1) is 21.9. The predicted octanol–water partition coefficient (Wildman–Crippen LogP) is 4.72. The summed E-state index contributed by atoms with van der Waals surface area (Å²) in [5, 5.41) is 39.0. The molecule has 3 atom stereocenters. The fourth-order valence-electron chi connectivity index (χ4n) is 5.75. The van der Waals surface area contributed by atoms with Crippen LogP contribution in [0.3, 0.4) is 0 Å². The molecule has 0 spiro atoms. The number of benzene rings is 3. The van der Waals surface area contributed by atoms with Crippen molar-refractivity contribution in [3.63, 3.8) is 0 Å². The number of hydrogen-bond acceptors (Lipinski definition) is 9. The van der Waals surface area contributed by atoms with Crippen molar-refractivity contribution in [3.8, 4) is 23.0 Å². The molecule has 1 unspecified atom stereocenters. The number of hydrogen-bond donors (Lipinski definition) is 4. The third-order valence-electron chi connectivity index (χ3n) is 8.29. The van der Waals surface area contributed by atoms with Crippen LogP contribution in [0.1, 0.15) is 48.5 Å². The largest absolute Gasteiger partial charge is 0.508 e. The summed E-state index contributed by atoms with van der Waals surface area (Å²) in [6.45, 7) is 1.31. The van der Waals surface area contributed by atoms with Gasteiger partial charge < -0.3 is 34.8 Å². The van der Waals surface area contributed by atoms with Crippen molar-refractivity contribution in [2.45, 2.75) is 38.4 Å². The molecule has 1 amide bonds. The van der Waals surface area contributed by atoms with Gasteiger partial charge in [-0.25, -0.2) is 5.01 Å². The smallest absolute Gasteiger partial charge is 0.251 e. The molecule has 0 radical (unpaired) electrons. The van der Waals surface area contributed by atoms with E-state index in [1.807, 2.05) is 42.5 Å². The maximum absolute atomic E-state index is 13.6. The molecule has 10 heteroatoms. The number of aliphatic hydroxyl groups excluding tert-OH is 2. The van der Waals surface area contributed by atoms with Crippen LogP contribution in [0.25, 0.3) is 0 Å². The Morgan fingerprint density at radius 3 is 2.44 bits per heavy atom. The maximum atomic E-state index is 13.6. The number of nitrogens with zero attached hydrogens (tertiary/aromatic N) is 2. The monoisotopic (exact) mass is 615 g/mol. The van der Waals surface area contributed by atoms with Gasteiger partial charge in [-0.15, -0.1) is 0 Å². The second kappa shape index (κ2) is 15.1. The van der Waals surface area contributed by atoms with Crippen molar-refractivity contribution >= 4 is 17.3 Å². The summed E-state index contributed by atoms with van der Waals surface area (Å²) in [4.78, 5) is 13.6. The number of rotatable bonds is 14. The van der Waals surface area contributed by atoms with Gasteiger partial charge in [0, 0.05) is 23.6 Å². The first-order valence-corrected chi connectivity index (χ1v) is 15.3. The van der Waals surface area contributed by atoms with E-state index < -0.39 is 6.10 Å². The number of unbranched alkanes of at least 4 members (excludes halogenated alkanes) is 1. The molecule has 0 fully saturated rings. The molecule has 1 aliphatic carbocycles. The summed E-state index contributed by atoms with van der Waals surface area (Å²) in [5.41, 5.74) is 3.46. The number of methoxy groups -OCH3 is 2. The molecule has 0 saturated heterocycles. The molecule has 3 aromatic rings. The summed E-state index contributed by atoms with van der Waals surface area (Å²) in [6, 6.07) is 17.9. The van der Waals surface area contributed by atoms with Crippen molar-refractivity contribution < 1.29 is 34.3 Å². The number of phenols is 1. The molecule has 4 N–H and O–H groups in total. The number of carbonyl (C=O) groups is 1. The molecule has 45 heavy (non-hydrogen) atoms. The Morgan fingerprint density at radius 1 is 0.956 bits per heavy atom. The van der Waals surface area contributed by atoms with Gasteiger partial charge >= 0.3 is 0 Å². The lowest BCUT2D eigenvalue weighted by Crippen LogP contribution is -2.45. The quantitative estimate of drug-likeness (QED) is 0.151. The van der Waals surface area contributed by atoms with E-state index in [0.29, 0.717) is 60.2 Å². The van der Waals surface area contributed by atoms with Crippen molar-refractivity contribution in [1.82, 2.24) is 5.32 Å². The fraction of sp³-hybridized carbons (Fsp3) is 0.371. The van der Waals surface area contributed by atoms with E-state index in [2.05, 4.69) is 17.5 Å². The van der Waals surface area contributed by atoms with Crippen LogP contribution in [0.5, 0.6) is 23.0 Å². The van der Waals surface area contributed by atoms with Crippen molar-refractivity contribution in [2.24, 2.45) is 16.9 Å². The summed E-state index contributed by atoms with van der Waals surface area (Å²) in [5.74, 6) is 1.76. The standard InChI is InChI=1S/C35H41N3O7/c1-43-32-16-10-24(20-33(32)44-2)34-28-7-3-4-8-29(28)35(42)38(37-34)26-11-13-27(14-12-26)45-18-6-5-17-36-21-31(41)23-9-15-30(40)25(19-23)22-39/h3-4,9-16,19-20,28-29,31,36,39-41H,5-8,17-18,21-22H2,1-2H3/t28-,29+,31?/m0/s1. The van der Waals surface area contributed by atoms with E-state index in [9.17, 15) is 20.1 Å². The first-order valence-electron chi connectivity index (χ1n) is 15.3. The number of aliphatic hydroxyl groups is 2. The lowest BCUT2D eigenvalue weighted by molar-refractivity contribution is -0.123. The summed E-state index contributed by atoms with van der Waals surface area (Å²) in [7, 11) is 3.21. The number of ether oxygens (including phenoxy) is 3. The minimum atomic E-state index is -0.739. The zero-order chi connectivity index (χ0) is 31.8. The first kappa shape index (κ1) is 32.0. The van der Waals surface area contributed by atoms with Crippen LogP contribution in [-0.2, 0) is 11.4 Å².